The summed E-state index contributed by atoms with van der Waals surface area (Å²) in [5.41, 5.74) is 0.730. The summed E-state index contributed by atoms with van der Waals surface area (Å²) in [4.78, 5) is 22.5. The number of carboxylic acid groups (broad SMARTS) is 1. The number of benzene rings is 1. The largest absolute Gasteiger partial charge is 0.497 e. The molecule has 0 aliphatic rings. The summed E-state index contributed by atoms with van der Waals surface area (Å²) in [5.74, 6) is -1.05. The maximum absolute atomic E-state index is 11.7. The Labute approximate surface area is 111 Å². The molecule has 0 saturated carbocycles. The molecule has 0 radical (unpaired) electrons. The quantitative estimate of drug-likeness (QED) is 0.683. The Bertz CT molecular complexity index is 441. The lowest BCUT2D eigenvalue weighted by Gasteiger charge is -2.17. The highest BCUT2D eigenvalue weighted by atomic mass is 16.5. The van der Waals surface area contributed by atoms with Crippen molar-refractivity contribution in [2.45, 2.75) is 25.5 Å². The standard InChI is InChI=1S/C13H17NO5/c1-8(15)12(13(17)18)14-11(16)7-9-3-5-10(19-2)6-4-9/h3-6,8,12,15H,7H2,1-2H3,(H,14,16)(H,17,18)/t8-,12+/m1/s1. The number of aliphatic carboxylic acids is 1. The molecule has 0 fully saturated rings. The molecule has 0 spiro atoms. The molecule has 1 amide bonds. The Morgan fingerprint density at radius 1 is 1.32 bits per heavy atom. The number of hydrogen-bond donors (Lipinski definition) is 3. The summed E-state index contributed by atoms with van der Waals surface area (Å²) >= 11 is 0. The third kappa shape index (κ3) is 4.59. The fourth-order valence-corrected chi connectivity index (χ4v) is 1.54. The van der Waals surface area contributed by atoms with Gasteiger partial charge in [0.1, 0.15) is 5.75 Å². The van der Waals surface area contributed by atoms with Crippen LogP contribution in [0.1, 0.15) is 12.5 Å². The van der Waals surface area contributed by atoms with Crippen LogP contribution in [-0.4, -0.2) is 41.3 Å². The van der Waals surface area contributed by atoms with E-state index in [9.17, 15) is 14.7 Å². The Morgan fingerprint density at radius 2 is 1.89 bits per heavy atom. The topological polar surface area (TPSA) is 95.9 Å². The molecule has 19 heavy (non-hydrogen) atoms. The van der Waals surface area contributed by atoms with Crippen LogP contribution in [0.25, 0.3) is 0 Å². The predicted molar refractivity (Wildman–Crippen MR) is 67.9 cm³/mol. The van der Waals surface area contributed by atoms with Crippen molar-refractivity contribution in [1.29, 1.82) is 0 Å². The van der Waals surface area contributed by atoms with E-state index < -0.39 is 24.0 Å². The molecule has 1 aromatic rings. The summed E-state index contributed by atoms with van der Waals surface area (Å²) in [6, 6.07) is 5.57. The van der Waals surface area contributed by atoms with Gasteiger partial charge in [-0.2, -0.15) is 0 Å². The van der Waals surface area contributed by atoms with Gasteiger partial charge < -0.3 is 20.3 Å². The first-order valence-electron chi connectivity index (χ1n) is 5.77. The van der Waals surface area contributed by atoms with Gasteiger partial charge in [0, 0.05) is 0 Å². The number of hydrogen-bond acceptors (Lipinski definition) is 4. The number of amides is 1. The number of ether oxygens (including phenoxy) is 1. The van der Waals surface area contributed by atoms with Gasteiger partial charge in [0.2, 0.25) is 5.91 Å². The lowest BCUT2D eigenvalue weighted by Crippen LogP contribution is -2.48. The van der Waals surface area contributed by atoms with Crippen LogP contribution in [0.2, 0.25) is 0 Å². The minimum Gasteiger partial charge on any atom is -0.497 e. The zero-order valence-corrected chi connectivity index (χ0v) is 10.8. The van der Waals surface area contributed by atoms with Gasteiger partial charge in [0.15, 0.2) is 6.04 Å². The molecule has 6 heteroatoms. The van der Waals surface area contributed by atoms with Gasteiger partial charge in [-0.15, -0.1) is 0 Å². The minimum absolute atomic E-state index is 0.0422. The highest BCUT2D eigenvalue weighted by Gasteiger charge is 2.24. The van der Waals surface area contributed by atoms with Crippen molar-refractivity contribution in [2.24, 2.45) is 0 Å². The van der Waals surface area contributed by atoms with Gasteiger partial charge in [-0.05, 0) is 24.6 Å². The molecule has 0 saturated heterocycles. The summed E-state index contributed by atoms with van der Waals surface area (Å²) in [7, 11) is 1.54. The molecule has 0 aromatic heterocycles. The van der Waals surface area contributed by atoms with Crippen LogP contribution in [0, 0.1) is 0 Å². The summed E-state index contributed by atoms with van der Waals surface area (Å²) < 4.78 is 4.99. The Kier molecular flexibility index (Phi) is 5.32. The molecule has 0 unspecified atom stereocenters. The lowest BCUT2D eigenvalue weighted by atomic mass is 10.1. The maximum Gasteiger partial charge on any atom is 0.328 e. The molecule has 104 valence electrons. The molecule has 0 heterocycles. The van der Waals surface area contributed by atoms with Crippen molar-refractivity contribution in [2.75, 3.05) is 7.11 Å². The predicted octanol–water partition coefficient (Wildman–Crippen LogP) is 0.188. The Hall–Kier alpha value is -2.08. The van der Waals surface area contributed by atoms with Gasteiger partial charge in [-0.1, -0.05) is 12.1 Å². The van der Waals surface area contributed by atoms with Crippen LogP contribution in [0.5, 0.6) is 5.75 Å². The van der Waals surface area contributed by atoms with Crippen molar-refractivity contribution < 1.29 is 24.5 Å². The summed E-state index contributed by atoms with van der Waals surface area (Å²) in [6.07, 6.45) is -1.11. The van der Waals surface area contributed by atoms with E-state index in [2.05, 4.69) is 5.32 Å². The first kappa shape index (κ1) is 15.0. The number of rotatable bonds is 6. The number of aliphatic hydroxyl groups is 1. The van der Waals surface area contributed by atoms with Crippen LogP contribution in [0.4, 0.5) is 0 Å². The molecule has 1 aromatic carbocycles. The van der Waals surface area contributed by atoms with Crippen LogP contribution >= 0.6 is 0 Å². The minimum atomic E-state index is -1.30. The summed E-state index contributed by atoms with van der Waals surface area (Å²) in [6.45, 7) is 1.31. The second-order valence-electron chi connectivity index (χ2n) is 4.15. The zero-order valence-electron chi connectivity index (χ0n) is 10.8. The van der Waals surface area contributed by atoms with E-state index in [1.807, 2.05) is 0 Å². The van der Waals surface area contributed by atoms with Crippen molar-refractivity contribution in [3.8, 4) is 5.75 Å². The van der Waals surface area contributed by atoms with Crippen molar-refractivity contribution in [3.63, 3.8) is 0 Å². The zero-order chi connectivity index (χ0) is 14.4. The second-order valence-corrected chi connectivity index (χ2v) is 4.15. The first-order chi connectivity index (χ1) is 8.93. The number of methoxy groups -OCH3 is 1. The highest BCUT2D eigenvalue weighted by Crippen LogP contribution is 2.11. The molecule has 6 nitrogen and oxygen atoms in total. The van der Waals surface area contributed by atoms with Crippen LogP contribution in [0.3, 0.4) is 0 Å². The molecule has 0 bridgehead atoms. The van der Waals surface area contributed by atoms with E-state index in [-0.39, 0.29) is 6.42 Å². The van der Waals surface area contributed by atoms with Gasteiger partial charge >= 0.3 is 5.97 Å². The summed E-state index contributed by atoms with van der Waals surface area (Å²) in [5, 5.41) is 20.4. The van der Waals surface area contributed by atoms with E-state index in [0.29, 0.717) is 5.75 Å². The number of carbonyl (C=O) groups is 2. The van der Waals surface area contributed by atoms with E-state index in [4.69, 9.17) is 9.84 Å². The number of aliphatic hydroxyl groups excluding tert-OH is 1. The average molecular weight is 267 g/mol. The van der Waals surface area contributed by atoms with E-state index >= 15 is 0 Å². The van der Waals surface area contributed by atoms with Crippen LogP contribution in [0.15, 0.2) is 24.3 Å². The van der Waals surface area contributed by atoms with E-state index in [1.54, 1.807) is 31.4 Å². The average Bonchev–Trinajstić information content (AvgIpc) is 2.36. The van der Waals surface area contributed by atoms with Crippen LogP contribution < -0.4 is 10.1 Å². The first-order valence-corrected chi connectivity index (χ1v) is 5.77. The molecule has 3 N–H and O–H groups in total. The molecule has 0 aliphatic carbocycles. The molecular weight excluding hydrogens is 250 g/mol. The fraction of sp³-hybridized carbons (Fsp3) is 0.385. The molecular formula is C13H17NO5. The monoisotopic (exact) mass is 267 g/mol. The fourth-order valence-electron chi connectivity index (χ4n) is 1.54. The lowest BCUT2D eigenvalue weighted by molar-refractivity contribution is -0.144. The van der Waals surface area contributed by atoms with Crippen molar-refractivity contribution in [1.82, 2.24) is 5.32 Å². The Morgan fingerprint density at radius 3 is 2.32 bits per heavy atom. The molecule has 0 aliphatic heterocycles. The molecule has 2 atom stereocenters. The van der Waals surface area contributed by atoms with Crippen molar-refractivity contribution in [3.05, 3.63) is 29.8 Å². The Balaban J connectivity index is 2.61. The number of nitrogens with one attached hydrogen (secondary N) is 1. The number of carboxylic acids is 1. The van der Waals surface area contributed by atoms with E-state index in [0.717, 1.165) is 5.56 Å². The molecule has 1 rings (SSSR count). The maximum atomic E-state index is 11.7. The van der Waals surface area contributed by atoms with Crippen molar-refractivity contribution >= 4 is 11.9 Å². The third-order valence-electron chi connectivity index (χ3n) is 2.59. The van der Waals surface area contributed by atoms with Gasteiger partial charge in [0.05, 0.1) is 19.6 Å². The van der Waals surface area contributed by atoms with Gasteiger partial charge in [0.25, 0.3) is 0 Å². The smallest absolute Gasteiger partial charge is 0.328 e. The highest BCUT2D eigenvalue weighted by molar-refractivity contribution is 5.85. The third-order valence-corrected chi connectivity index (χ3v) is 2.59. The second kappa shape index (κ2) is 6.75. The van der Waals surface area contributed by atoms with Gasteiger partial charge in [-0.3, -0.25) is 4.79 Å². The number of carbonyl (C=O) groups excluding carboxylic acids is 1. The normalized spacial score (nSPS) is 13.4. The van der Waals surface area contributed by atoms with Crippen LogP contribution in [-0.2, 0) is 16.0 Å². The van der Waals surface area contributed by atoms with E-state index in [1.165, 1.54) is 6.92 Å². The van der Waals surface area contributed by atoms with Gasteiger partial charge in [-0.25, -0.2) is 4.79 Å². The SMILES string of the molecule is COc1ccc(CC(=O)N[C@H](C(=O)O)[C@@H](C)O)cc1.